The second-order valence-electron chi connectivity index (χ2n) is 3.96. The molecule has 0 radical (unpaired) electrons. The Balaban J connectivity index is 3.94. The van der Waals surface area contributed by atoms with Gasteiger partial charge in [-0.1, -0.05) is 25.7 Å². The molecule has 0 N–H and O–H groups in total. The molecular weight excluding hydrogens is 196 g/mol. The highest BCUT2D eigenvalue weighted by Crippen LogP contribution is 1.95. The summed E-state index contributed by atoms with van der Waals surface area (Å²) in [5, 5.41) is 0. The summed E-state index contributed by atoms with van der Waals surface area (Å²) in [7, 11) is 0. The van der Waals surface area contributed by atoms with Crippen LogP contribution < -0.4 is 0 Å². The normalized spacial score (nSPS) is 10.4. The Morgan fingerprint density at radius 1 is 0.750 bits per heavy atom. The molecule has 0 aromatic rings. The van der Waals surface area contributed by atoms with Gasteiger partial charge >= 0.3 is 0 Å². The molecule has 0 spiro atoms. The van der Waals surface area contributed by atoms with Crippen LogP contribution in [0.4, 0.5) is 0 Å². The van der Waals surface area contributed by atoms with Crippen LogP contribution in [0.2, 0.25) is 0 Å². The maximum Gasteiger partial charge on any atom is 0.0599 e. The maximum atomic E-state index is 5.35. The minimum Gasteiger partial charge on any atom is -0.291 e. The van der Waals surface area contributed by atoms with Gasteiger partial charge in [-0.05, 0) is 25.9 Å². The number of rotatable bonds is 9. The van der Waals surface area contributed by atoms with Crippen molar-refractivity contribution >= 4 is 0 Å². The summed E-state index contributed by atoms with van der Waals surface area (Å²) < 4.78 is 0. The molecule has 0 rings (SSSR count). The van der Waals surface area contributed by atoms with Crippen molar-refractivity contribution in [3.8, 4) is 24.7 Å². The van der Waals surface area contributed by atoms with Crippen molar-refractivity contribution in [3.05, 3.63) is 0 Å². The van der Waals surface area contributed by atoms with E-state index in [1.54, 1.807) is 0 Å². The van der Waals surface area contributed by atoms with Gasteiger partial charge in [0, 0.05) is 13.1 Å². The van der Waals surface area contributed by atoms with E-state index in [0.29, 0.717) is 0 Å². The molecule has 16 heavy (non-hydrogen) atoms. The van der Waals surface area contributed by atoms with Gasteiger partial charge in [0.15, 0.2) is 0 Å². The highest BCUT2D eigenvalue weighted by atomic mass is 15.2. The first kappa shape index (κ1) is 15.0. The first-order chi connectivity index (χ1) is 7.78. The van der Waals surface area contributed by atoms with Crippen molar-refractivity contribution in [1.29, 1.82) is 0 Å². The lowest BCUT2D eigenvalue weighted by molar-refractivity contribution is 0.231. The van der Waals surface area contributed by atoms with E-state index in [0.717, 1.165) is 52.1 Å². The first-order valence-corrected chi connectivity index (χ1v) is 6.10. The molecule has 0 fully saturated rings. The van der Waals surface area contributed by atoms with Crippen molar-refractivity contribution in [3.63, 3.8) is 0 Å². The van der Waals surface area contributed by atoms with E-state index in [9.17, 15) is 0 Å². The highest BCUT2D eigenvalue weighted by molar-refractivity contribution is 4.90. The fourth-order valence-electron chi connectivity index (χ4n) is 1.71. The summed E-state index contributed by atoms with van der Waals surface area (Å²) in [6.45, 7) is 10.00. The smallest absolute Gasteiger partial charge is 0.0599 e. The molecule has 0 amide bonds. The minimum absolute atomic E-state index is 0.740. The monoisotopic (exact) mass is 220 g/mol. The van der Waals surface area contributed by atoms with Gasteiger partial charge in [-0.2, -0.15) is 0 Å². The molecule has 0 aliphatic rings. The molecule has 0 saturated heterocycles. The fraction of sp³-hybridized carbons (Fsp3) is 0.714. The second-order valence-corrected chi connectivity index (χ2v) is 3.96. The Bertz CT molecular complexity index is 208. The standard InChI is InChI=1S/C14H24N2/c1-5-9-15(10-6-2)13-14-16(11-7-3)12-8-4/h1,3H,6,8-14H2,2,4H3. The summed E-state index contributed by atoms with van der Waals surface area (Å²) in [5.74, 6) is 5.41. The lowest BCUT2D eigenvalue weighted by atomic mass is 10.3. The zero-order valence-corrected chi connectivity index (χ0v) is 10.7. The van der Waals surface area contributed by atoms with Gasteiger partial charge in [0.1, 0.15) is 0 Å². The number of terminal acetylenes is 2. The van der Waals surface area contributed by atoms with Crippen LogP contribution in [0.15, 0.2) is 0 Å². The molecule has 0 bridgehead atoms. The Hall–Kier alpha value is -0.960. The van der Waals surface area contributed by atoms with Crippen molar-refractivity contribution < 1.29 is 0 Å². The number of hydrogen-bond donors (Lipinski definition) is 0. The van der Waals surface area contributed by atoms with Gasteiger partial charge in [0.25, 0.3) is 0 Å². The summed E-state index contributed by atoms with van der Waals surface area (Å²) in [4.78, 5) is 4.61. The quantitative estimate of drug-likeness (QED) is 0.545. The van der Waals surface area contributed by atoms with Crippen molar-refractivity contribution in [2.24, 2.45) is 0 Å². The van der Waals surface area contributed by atoms with Crippen LogP contribution >= 0.6 is 0 Å². The summed E-state index contributed by atoms with van der Waals surface area (Å²) in [6, 6.07) is 0. The Labute approximate surface area is 101 Å². The third-order valence-electron chi connectivity index (χ3n) is 2.44. The highest BCUT2D eigenvalue weighted by Gasteiger charge is 2.06. The molecule has 90 valence electrons. The van der Waals surface area contributed by atoms with Crippen LogP contribution in [0.3, 0.4) is 0 Å². The number of nitrogens with zero attached hydrogens (tertiary/aromatic N) is 2. The van der Waals surface area contributed by atoms with Crippen molar-refractivity contribution in [1.82, 2.24) is 9.80 Å². The van der Waals surface area contributed by atoms with E-state index in [2.05, 4.69) is 35.5 Å². The Morgan fingerprint density at radius 2 is 1.12 bits per heavy atom. The lowest BCUT2D eigenvalue weighted by Crippen LogP contribution is -2.36. The topological polar surface area (TPSA) is 6.48 Å². The Kier molecular flexibility index (Phi) is 9.92. The van der Waals surface area contributed by atoms with Crippen molar-refractivity contribution in [2.45, 2.75) is 26.7 Å². The summed E-state index contributed by atoms with van der Waals surface area (Å²) in [6.07, 6.45) is 13.0. The molecule has 0 aromatic carbocycles. The SMILES string of the molecule is C#CCN(CCC)CCN(CC#C)CCC. The van der Waals surface area contributed by atoms with E-state index >= 15 is 0 Å². The lowest BCUT2D eigenvalue weighted by Gasteiger charge is -2.24. The van der Waals surface area contributed by atoms with Gasteiger partial charge in [0.05, 0.1) is 13.1 Å². The molecule has 0 aromatic heterocycles. The fourth-order valence-corrected chi connectivity index (χ4v) is 1.71. The van der Waals surface area contributed by atoms with E-state index in [1.807, 2.05) is 0 Å². The van der Waals surface area contributed by atoms with Crippen LogP contribution in [0.1, 0.15) is 26.7 Å². The van der Waals surface area contributed by atoms with Crippen molar-refractivity contribution in [2.75, 3.05) is 39.3 Å². The third kappa shape index (κ3) is 7.35. The van der Waals surface area contributed by atoms with Crippen LogP contribution in [0, 0.1) is 24.7 Å². The van der Waals surface area contributed by atoms with Gasteiger partial charge < -0.3 is 0 Å². The van der Waals surface area contributed by atoms with Gasteiger partial charge in [-0.15, -0.1) is 12.8 Å². The molecule has 0 heterocycles. The van der Waals surface area contributed by atoms with Gasteiger partial charge in [-0.25, -0.2) is 0 Å². The zero-order valence-electron chi connectivity index (χ0n) is 10.7. The molecular formula is C14H24N2. The van der Waals surface area contributed by atoms with Crippen LogP contribution in [-0.4, -0.2) is 49.1 Å². The first-order valence-electron chi connectivity index (χ1n) is 6.10. The maximum absolute atomic E-state index is 5.35. The van der Waals surface area contributed by atoms with E-state index in [1.165, 1.54) is 0 Å². The van der Waals surface area contributed by atoms with Crippen LogP contribution in [0.5, 0.6) is 0 Å². The second kappa shape index (κ2) is 10.6. The minimum atomic E-state index is 0.740. The van der Waals surface area contributed by atoms with E-state index in [-0.39, 0.29) is 0 Å². The Morgan fingerprint density at radius 3 is 1.38 bits per heavy atom. The van der Waals surface area contributed by atoms with E-state index < -0.39 is 0 Å². The summed E-state index contributed by atoms with van der Waals surface area (Å²) in [5.41, 5.74) is 0. The molecule has 0 aliphatic heterocycles. The average molecular weight is 220 g/mol. The predicted molar refractivity (Wildman–Crippen MR) is 71.1 cm³/mol. The molecule has 0 unspecified atom stereocenters. The molecule has 0 atom stereocenters. The van der Waals surface area contributed by atoms with E-state index in [4.69, 9.17) is 12.8 Å². The van der Waals surface area contributed by atoms with Gasteiger partial charge in [0.2, 0.25) is 0 Å². The van der Waals surface area contributed by atoms with Crippen LogP contribution in [0.25, 0.3) is 0 Å². The summed E-state index contributed by atoms with van der Waals surface area (Å²) >= 11 is 0. The van der Waals surface area contributed by atoms with Gasteiger partial charge in [-0.3, -0.25) is 9.80 Å². The molecule has 0 saturated carbocycles. The average Bonchev–Trinajstić information content (AvgIpc) is 2.27. The molecule has 2 nitrogen and oxygen atoms in total. The zero-order chi connectivity index (χ0) is 12.2. The predicted octanol–water partition coefficient (Wildman–Crippen LogP) is 1.68. The van der Waals surface area contributed by atoms with Crippen LogP contribution in [-0.2, 0) is 0 Å². The third-order valence-corrected chi connectivity index (χ3v) is 2.44. The number of hydrogen-bond acceptors (Lipinski definition) is 2. The largest absolute Gasteiger partial charge is 0.291 e. The molecule has 0 aliphatic carbocycles. The molecule has 2 heteroatoms.